The fourth-order valence-electron chi connectivity index (χ4n) is 0.550. The van der Waals surface area contributed by atoms with Gasteiger partial charge in [0.2, 0.25) is 0 Å². The van der Waals surface area contributed by atoms with Gasteiger partial charge in [0.15, 0.2) is 0 Å². The summed E-state index contributed by atoms with van der Waals surface area (Å²) in [6, 6.07) is 0. The second-order valence-corrected chi connectivity index (χ2v) is 3.79. The van der Waals surface area contributed by atoms with Gasteiger partial charge >= 0.3 is 0 Å². The summed E-state index contributed by atoms with van der Waals surface area (Å²) in [5.41, 5.74) is -0.708. The molecule has 0 aromatic carbocycles. The van der Waals surface area contributed by atoms with Crippen LogP contribution in [0.15, 0.2) is 0 Å². The van der Waals surface area contributed by atoms with Crippen molar-refractivity contribution in [3.63, 3.8) is 0 Å². The number of unbranched alkanes of at least 4 members (excludes halogenated alkanes) is 2. The molecule has 0 rings (SSSR count). The average Bonchev–Trinajstić information content (AvgIpc) is 2.30. The zero-order valence-corrected chi connectivity index (χ0v) is 9.39. The van der Waals surface area contributed by atoms with Crippen molar-refractivity contribution in [2.45, 2.75) is 26.2 Å². The Hall–Kier alpha value is -0.200. The van der Waals surface area contributed by atoms with E-state index >= 15 is 0 Å². The lowest BCUT2D eigenvalue weighted by Crippen LogP contribution is -2.29. The van der Waals surface area contributed by atoms with E-state index in [1.165, 1.54) is 0 Å². The molecule has 0 bridgehead atoms. The maximum absolute atomic E-state index is 8.47. The highest BCUT2D eigenvalue weighted by atomic mass is 16.3. The minimum Gasteiger partial charge on any atom is -0.396 e. The van der Waals surface area contributed by atoms with Crippen molar-refractivity contribution in [3.05, 3.63) is 0 Å². The molecule has 0 heterocycles. The van der Waals surface area contributed by atoms with Crippen molar-refractivity contribution in [3.8, 4) is 0 Å². The van der Waals surface area contributed by atoms with E-state index in [0.29, 0.717) is 0 Å². The van der Waals surface area contributed by atoms with E-state index < -0.39 is 5.41 Å². The molecule has 0 aromatic heterocycles. The first kappa shape index (κ1) is 17.2. The third-order valence-electron chi connectivity index (χ3n) is 1.96. The van der Waals surface area contributed by atoms with Gasteiger partial charge in [-0.15, -0.1) is 0 Å². The van der Waals surface area contributed by atoms with E-state index in [-0.39, 0.29) is 33.0 Å². The van der Waals surface area contributed by atoms with Gasteiger partial charge in [0.25, 0.3) is 0 Å². The van der Waals surface area contributed by atoms with Gasteiger partial charge in [0.05, 0.1) is 19.8 Å². The van der Waals surface area contributed by atoms with E-state index in [1.807, 2.05) is 0 Å². The Bertz CT molecular complexity index is 102. The predicted octanol–water partition coefficient (Wildman–Crippen LogP) is -0.889. The number of aliphatic hydroxyl groups is 5. The topological polar surface area (TPSA) is 101 Å². The fraction of sp³-hybridized carbons (Fsp3) is 1.00. The number of hydrogen-bond donors (Lipinski definition) is 5. The van der Waals surface area contributed by atoms with Crippen molar-refractivity contribution in [2.24, 2.45) is 5.41 Å². The molecular formula is C10H24O5. The average molecular weight is 224 g/mol. The maximum atomic E-state index is 8.47. The maximum Gasteiger partial charge on any atom is 0.0528 e. The molecule has 94 valence electrons. The summed E-state index contributed by atoms with van der Waals surface area (Å²) in [4.78, 5) is 0. The van der Waals surface area contributed by atoms with E-state index in [0.717, 1.165) is 19.3 Å². The molecule has 5 N–H and O–H groups in total. The largest absolute Gasteiger partial charge is 0.396 e. The molecule has 0 saturated heterocycles. The van der Waals surface area contributed by atoms with Gasteiger partial charge in [-0.3, -0.25) is 0 Å². The Morgan fingerprint density at radius 1 is 0.667 bits per heavy atom. The molecule has 0 fully saturated rings. The van der Waals surface area contributed by atoms with Crippen LogP contribution in [-0.2, 0) is 0 Å². The van der Waals surface area contributed by atoms with Gasteiger partial charge in [-0.2, -0.15) is 0 Å². The number of rotatable bonds is 7. The van der Waals surface area contributed by atoms with Crippen LogP contribution in [0, 0.1) is 5.41 Å². The first-order valence-corrected chi connectivity index (χ1v) is 5.14. The monoisotopic (exact) mass is 224 g/mol. The second kappa shape index (κ2) is 11.9. The normalized spacial score (nSPS) is 10.8. The Morgan fingerprint density at radius 2 is 1.00 bits per heavy atom. The first-order valence-electron chi connectivity index (χ1n) is 5.14. The molecule has 15 heavy (non-hydrogen) atoms. The fourth-order valence-corrected chi connectivity index (χ4v) is 0.550. The molecular weight excluding hydrogens is 200 g/mol. The van der Waals surface area contributed by atoms with Crippen molar-refractivity contribution >= 4 is 0 Å². The Kier molecular flexibility index (Phi) is 13.6. The van der Waals surface area contributed by atoms with E-state index in [9.17, 15) is 0 Å². The molecule has 5 nitrogen and oxygen atoms in total. The van der Waals surface area contributed by atoms with Gasteiger partial charge in [0, 0.05) is 18.6 Å². The van der Waals surface area contributed by atoms with Crippen LogP contribution in [0.1, 0.15) is 26.2 Å². The summed E-state index contributed by atoms with van der Waals surface area (Å²) in [6.45, 7) is 1.56. The minimum absolute atomic E-state index is 0.181. The van der Waals surface area contributed by atoms with Crippen LogP contribution in [0.3, 0.4) is 0 Å². The zero-order valence-electron chi connectivity index (χ0n) is 9.39. The van der Waals surface area contributed by atoms with Gasteiger partial charge < -0.3 is 25.5 Å². The molecule has 0 unspecified atom stereocenters. The standard InChI is InChI=1S/C5H12O3.C5H12O2/c1-5(2-6,3-7)4-8;6-4-2-1-3-5-7/h6-8H,2-4H2,1H3;6-7H,1-5H2. The smallest absolute Gasteiger partial charge is 0.0528 e. The lowest BCUT2D eigenvalue weighted by molar-refractivity contribution is 0.0200. The third kappa shape index (κ3) is 11.7. The quantitative estimate of drug-likeness (QED) is 0.361. The highest BCUT2D eigenvalue weighted by Crippen LogP contribution is 2.10. The molecule has 0 aliphatic rings. The van der Waals surface area contributed by atoms with Crippen LogP contribution in [0.2, 0.25) is 0 Å². The molecule has 0 atom stereocenters. The summed E-state index contributed by atoms with van der Waals surface area (Å²) in [5, 5.41) is 41.8. The molecule has 0 aromatic rings. The summed E-state index contributed by atoms with van der Waals surface area (Å²) in [5.74, 6) is 0. The van der Waals surface area contributed by atoms with E-state index in [2.05, 4.69) is 0 Å². The molecule has 0 radical (unpaired) electrons. The second-order valence-electron chi connectivity index (χ2n) is 3.79. The van der Waals surface area contributed by atoms with Crippen molar-refractivity contribution in [2.75, 3.05) is 33.0 Å². The third-order valence-corrected chi connectivity index (χ3v) is 1.96. The Labute approximate surface area is 91.0 Å². The summed E-state index contributed by atoms with van der Waals surface area (Å²) in [6.07, 6.45) is 2.58. The molecule has 0 aliphatic heterocycles. The Balaban J connectivity index is 0. The molecule has 5 heteroatoms. The predicted molar refractivity (Wildman–Crippen MR) is 57.4 cm³/mol. The van der Waals surface area contributed by atoms with Gasteiger partial charge in [-0.25, -0.2) is 0 Å². The van der Waals surface area contributed by atoms with Crippen LogP contribution >= 0.6 is 0 Å². The van der Waals surface area contributed by atoms with Crippen molar-refractivity contribution in [1.82, 2.24) is 0 Å². The van der Waals surface area contributed by atoms with Gasteiger partial charge in [-0.1, -0.05) is 6.92 Å². The van der Waals surface area contributed by atoms with Gasteiger partial charge in [-0.05, 0) is 19.3 Å². The van der Waals surface area contributed by atoms with Crippen LogP contribution in [0.4, 0.5) is 0 Å². The Morgan fingerprint density at radius 3 is 1.13 bits per heavy atom. The molecule has 0 spiro atoms. The first-order chi connectivity index (χ1) is 7.10. The lowest BCUT2D eigenvalue weighted by Gasteiger charge is -2.20. The van der Waals surface area contributed by atoms with Crippen LogP contribution in [0.5, 0.6) is 0 Å². The molecule has 0 saturated carbocycles. The van der Waals surface area contributed by atoms with Crippen molar-refractivity contribution < 1.29 is 25.5 Å². The highest BCUT2D eigenvalue weighted by Gasteiger charge is 2.20. The zero-order chi connectivity index (χ0) is 12.2. The van der Waals surface area contributed by atoms with Crippen LogP contribution in [0.25, 0.3) is 0 Å². The lowest BCUT2D eigenvalue weighted by atomic mass is 9.95. The summed E-state index contributed by atoms with van der Waals surface area (Å²) >= 11 is 0. The summed E-state index contributed by atoms with van der Waals surface area (Å²) in [7, 11) is 0. The van der Waals surface area contributed by atoms with E-state index in [4.69, 9.17) is 25.5 Å². The number of hydrogen-bond acceptors (Lipinski definition) is 5. The molecule has 0 amide bonds. The van der Waals surface area contributed by atoms with E-state index in [1.54, 1.807) is 6.92 Å². The van der Waals surface area contributed by atoms with Crippen molar-refractivity contribution in [1.29, 1.82) is 0 Å². The molecule has 0 aliphatic carbocycles. The van der Waals surface area contributed by atoms with Gasteiger partial charge in [0.1, 0.15) is 0 Å². The highest BCUT2D eigenvalue weighted by molar-refractivity contribution is 4.69. The minimum atomic E-state index is -0.708. The SMILES string of the molecule is CC(CO)(CO)CO.OCCCCCO. The van der Waals surface area contributed by atoms with Crippen LogP contribution in [-0.4, -0.2) is 58.6 Å². The number of aliphatic hydroxyl groups excluding tert-OH is 5. The summed E-state index contributed by atoms with van der Waals surface area (Å²) < 4.78 is 0. The van der Waals surface area contributed by atoms with Crippen LogP contribution < -0.4 is 0 Å².